The molecule has 41 heavy (non-hydrogen) atoms. The van der Waals surface area contributed by atoms with Crippen LogP contribution in [0.1, 0.15) is 29.7 Å². The van der Waals surface area contributed by atoms with Crippen molar-refractivity contribution < 1.29 is 0 Å². The number of nitrogens with two attached hydrogens (primary N) is 1. The van der Waals surface area contributed by atoms with Gasteiger partial charge in [0.2, 0.25) is 0 Å². The molecule has 4 nitrogen and oxygen atoms in total. The number of halogens is 1. The van der Waals surface area contributed by atoms with E-state index < -0.39 is 0 Å². The number of rotatable bonds is 8. The van der Waals surface area contributed by atoms with Crippen LogP contribution in [0, 0.1) is 13.8 Å². The quantitative estimate of drug-likeness (QED) is 0.155. The zero-order valence-corrected chi connectivity index (χ0v) is 26.6. The maximum atomic E-state index is 5.43. The topological polar surface area (TPSA) is 44.5 Å². The molecule has 4 aromatic carbocycles. The molecule has 0 aliphatic rings. The SMILES string of the molecule is C.CN(C)CCc1ccc(Br)cc1.Cc1ccc(N)cc1.Cc1ccc(Nc2ccc(CCN(C)C)cc2)cc1.[B]. The van der Waals surface area contributed by atoms with Crippen molar-refractivity contribution in [2.75, 3.05) is 52.3 Å². The highest BCUT2D eigenvalue weighted by molar-refractivity contribution is 9.10. The van der Waals surface area contributed by atoms with E-state index in [1.54, 1.807) is 0 Å². The fraction of sp³-hybridized carbons (Fsp3) is 0.314. The van der Waals surface area contributed by atoms with Crippen LogP contribution in [0.15, 0.2) is 102 Å². The fourth-order valence-corrected chi connectivity index (χ4v) is 3.75. The van der Waals surface area contributed by atoms with E-state index in [-0.39, 0.29) is 15.8 Å². The lowest BCUT2D eigenvalue weighted by Crippen LogP contribution is -2.14. The highest BCUT2D eigenvalue weighted by atomic mass is 79.9. The van der Waals surface area contributed by atoms with Gasteiger partial charge in [0.25, 0.3) is 0 Å². The van der Waals surface area contributed by atoms with E-state index in [0.717, 1.165) is 47.5 Å². The molecule has 0 unspecified atom stereocenters. The second-order valence-corrected chi connectivity index (χ2v) is 11.2. The van der Waals surface area contributed by atoms with E-state index in [1.807, 2.05) is 31.2 Å². The Labute approximate surface area is 260 Å². The van der Waals surface area contributed by atoms with Crippen LogP contribution in [-0.4, -0.2) is 59.5 Å². The first-order valence-corrected chi connectivity index (χ1v) is 14.2. The molecule has 6 heteroatoms. The Balaban J connectivity index is 0.000000626. The number of benzene rings is 4. The van der Waals surface area contributed by atoms with Crippen molar-refractivity contribution in [3.63, 3.8) is 0 Å². The van der Waals surface area contributed by atoms with Crippen molar-refractivity contribution in [3.05, 3.63) is 124 Å². The van der Waals surface area contributed by atoms with Gasteiger partial charge in [-0.3, -0.25) is 0 Å². The van der Waals surface area contributed by atoms with Crippen molar-refractivity contribution in [2.24, 2.45) is 0 Å². The van der Waals surface area contributed by atoms with Gasteiger partial charge in [0.1, 0.15) is 0 Å². The van der Waals surface area contributed by atoms with Gasteiger partial charge < -0.3 is 20.9 Å². The van der Waals surface area contributed by atoms with Gasteiger partial charge in [-0.1, -0.05) is 83.0 Å². The molecule has 4 aromatic rings. The predicted octanol–water partition coefficient (Wildman–Crippen LogP) is 8.23. The Kier molecular flexibility index (Phi) is 19.2. The summed E-state index contributed by atoms with van der Waals surface area (Å²) in [5.41, 5.74) is 13.8. The van der Waals surface area contributed by atoms with Crippen LogP contribution < -0.4 is 11.1 Å². The molecular formula is C35H49BBrN4. The van der Waals surface area contributed by atoms with Gasteiger partial charge in [0.15, 0.2) is 0 Å². The van der Waals surface area contributed by atoms with Gasteiger partial charge in [-0.25, -0.2) is 0 Å². The Hall–Kier alpha value is -3.06. The first-order chi connectivity index (χ1) is 18.6. The van der Waals surface area contributed by atoms with Gasteiger partial charge in [-0.05, 0) is 115 Å². The minimum atomic E-state index is 0. The molecule has 0 saturated carbocycles. The maximum Gasteiger partial charge on any atom is 0.0384 e. The lowest BCUT2D eigenvalue weighted by Gasteiger charge is -2.10. The smallest absolute Gasteiger partial charge is 0.0384 e. The molecule has 3 radical (unpaired) electrons. The summed E-state index contributed by atoms with van der Waals surface area (Å²) in [6, 6.07) is 33.4. The van der Waals surface area contributed by atoms with Gasteiger partial charge in [0, 0.05) is 43.0 Å². The van der Waals surface area contributed by atoms with Gasteiger partial charge >= 0.3 is 0 Å². The third-order valence-electron chi connectivity index (χ3n) is 5.98. The van der Waals surface area contributed by atoms with Gasteiger partial charge in [0.05, 0.1) is 0 Å². The van der Waals surface area contributed by atoms with E-state index in [9.17, 15) is 0 Å². The molecule has 0 aromatic heterocycles. The summed E-state index contributed by atoms with van der Waals surface area (Å²) in [4.78, 5) is 4.40. The molecule has 0 atom stereocenters. The van der Waals surface area contributed by atoms with Crippen LogP contribution in [0.3, 0.4) is 0 Å². The molecule has 0 saturated heterocycles. The van der Waals surface area contributed by atoms with E-state index in [1.165, 1.54) is 22.3 Å². The first kappa shape index (κ1) is 37.9. The third kappa shape index (κ3) is 17.4. The van der Waals surface area contributed by atoms with Crippen LogP contribution >= 0.6 is 15.9 Å². The van der Waals surface area contributed by atoms with Crippen molar-refractivity contribution in [3.8, 4) is 0 Å². The van der Waals surface area contributed by atoms with E-state index in [2.05, 4.69) is 139 Å². The number of nitrogen functional groups attached to an aromatic ring is 1. The highest BCUT2D eigenvalue weighted by Crippen LogP contribution is 2.18. The van der Waals surface area contributed by atoms with E-state index >= 15 is 0 Å². The zero-order chi connectivity index (χ0) is 28.6. The summed E-state index contributed by atoms with van der Waals surface area (Å²) in [5.74, 6) is 0. The number of anilines is 3. The molecule has 0 amide bonds. The number of nitrogens with zero attached hydrogens (tertiary/aromatic N) is 2. The molecule has 4 rings (SSSR count). The standard InChI is InChI=1S/C17H22N2.C10H14BrN.C7H9N.CH4.B/c1-14-4-8-16(9-5-14)18-17-10-6-15(7-11-17)12-13-19(2)3;1-12(2)8-7-9-3-5-10(11)6-4-9;1-6-2-4-7(8)5-3-6;;/h4-11,18H,12-13H2,1-3H3;3-6H,7-8H2,1-2H3;2-5H,8H2,1H3;1H4;. The number of hydrogen-bond acceptors (Lipinski definition) is 4. The lowest BCUT2D eigenvalue weighted by atomic mass is 10.1. The molecule has 0 spiro atoms. The van der Waals surface area contributed by atoms with Crippen molar-refractivity contribution >= 4 is 41.4 Å². The fourth-order valence-electron chi connectivity index (χ4n) is 3.48. The molecule has 0 bridgehead atoms. The van der Waals surface area contributed by atoms with E-state index in [4.69, 9.17) is 5.73 Å². The number of likely N-dealkylation sites (N-methyl/N-ethyl adjacent to an activating group) is 2. The van der Waals surface area contributed by atoms with Crippen molar-refractivity contribution in [1.82, 2.24) is 9.80 Å². The highest BCUT2D eigenvalue weighted by Gasteiger charge is 1.98. The Morgan fingerprint density at radius 1 is 0.585 bits per heavy atom. The number of hydrogen-bond donors (Lipinski definition) is 2. The summed E-state index contributed by atoms with van der Waals surface area (Å²) >= 11 is 3.42. The Morgan fingerprint density at radius 3 is 1.29 bits per heavy atom. The summed E-state index contributed by atoms with van der Waals surface area (Å²) in [6.45, 7) is 6.34. The van der Waals surface area contributed by atoms with Gasteiger partial charge in [-0.2, -0.15) is 0 Å². The zero-order valence-electron chi connectivity index (χ0n) is 25.0. The number of aryl methyl sites for hydroxylation is 2. The largest absolute Gasteiger partial charge is 0.399 e. The summed E-state index contributed by atoms with van der Waals surface area (Å²) in [6.07, 6.45) is 2.22. The maximum absolute atomic E-state index is 5.43. The molecule has 0 aliphatic heterocycles. The van der Waals surface area contributed by atoms with Crippen molar-refractivity contribution in [1.29, 1.82) is 0 Å². The molecule has 219 valence electrons. The molecular weight excluding hydrogens is 567 g/mol. The third-order valence-corrected chi connectivity index (χ3v) is 6.51. The average Bonchev–Trinajstić information content (AvgIpc) is 2.92. The monoisotopic (exact) mass is 615 g/mol. The van der Waals surface area contributed by atoms with Crippen molar-refractivity contribution in [2.45, 2.75) is 34.1 Å². The minimum Gasteiger partial charge on any atom is -0.399 e. The average molecular weight is 617 g/mol. The predicted molar refractivity (Wildman–Crippen MR) is 188 cm³/mol. The lowest BCUT2D eigenvalue weighted by molar-refractivity contribution is 0.413. The molecule has 0 fully saturated rings. The number of nitrogens with one attached hydrogen (secondary N) is 1. The normalized spacial score (nSPS) is 9.88. The first-order valence-electron chi connectivity index (χ1n) is 13.4. The van der Waals surface area contributed by atoms with E-state index in [0.29, 0.717) is 0 Å². The van der Waals surface area contributed by atoms with Crippen LogP contribution in [0.2, 0.25) is 0 Å². The van der Waals surface area contributed by atoms with Crippen LogP contribution in [-0.2, 0) is 12.8 Å². The van der Waals surface area contributed by atoms with Gasteiger partial charge in [-0.15, -0.1) is 0 Å². The molecule has 0 heterocycles. The second-order valence-electron chi connectivity index (χ2n) is 10.3. The Morgan fingerprint density at radius 2 is 0.927 bits per heavy atom. The molecule has 0 aliphatic carbocycles. The van der Waals surface area contributed by atoms with Crippen LogP contribution in [0.5, 0.6) is 0 Å². The summed E-state index contributed by atoms with van der Waals surface area (Å²) in [7, 11) is 8.40. The summed E-state index contributed by atoms with van der Waals surface area (Å²) < 4.78 is 1.15. The summed E-state index contributed by atoms with van der Waals surface area (Å²) in [5, 5.41) is 3.41. The minimum absolute atomic E-state index is 0. The molecule has 3 N–H and O–H groups in total. The van der Waals surface area contributed by atoms with Crippen LogP contribution in [0.25, 0.3) is 0 Å². The second kappa shape index (κ2) is 20.8. The Bertz CT molecular complexity index is 1170. The van der Waals surface area contributed by atoms with Crippen LogP contribution in [0.4, 0.5) is 17.1 Å².